The van der Waals surface area contributed by atoms with Crippen molar-refractivity contribution in [1.82, 2.24) is 0 Å². The van der Waals surface area contributed by atoms with E-state index in [0.717, 1.165) is 20.1 Å². The predicted molar refractivity (Wildman–Crippen MR) is 66.7 cm³/mol. The Kier molecular flexibility index (Phi) is 14.6. The zero-order chi connectivity index (χ0) is 12.8. The van der Waals surface area contributed by atoms with Crippen LogP contribution in [0.5, 0.6) is 0 Å². The minimum absolute atomic E-state index is 0.833. The van der Waals surface area contributed by atoms with Crippen molar-refractivity contribution in [3.8, 4) is 0 Å². The largest absolute Gasteiger partial charge is 0.481 e. The highest BCUT2D eigenvalue weighted by atomic mass is 16.5. The highest BCUT2D eigenvalue weighted by Crippen LogP contribution is 1.92. The number of rotatable bonds is 2. The molecule has 0 bridgehead atoms. The minimum Gasteiger partial charge on any atom is -0.481 e. The molecule has 0 aliphatic carbocycles. The van der Waals surface area contributed by atoms with E-state index in [1.807, 2.05) is 32.0 Å². The molecular weight excluding hydrogens is 204 g/mol. The van der Waals surface area contributed by atoms with Crippen molar-refractivity contribution < 1.29 is 14.6 Å². The number of carboxylic acid groups (broad SMARTS) is 1. The van der Waals surface area contributed by atoms with Gasteiger partial charge in [-0.2, -0.15) is 0 Å². The molecule has 0 saturated carbocycles. The molecule has 3 heteroatoms. The van der Waals surface area contributed by atoms with Gasteiger partial charge in [0.25, 0.3) is 5.97 Å². The summed E-state index contributed by atoms with van der Waals surface area (Å²) in [5, 5.41) is 7.42. The summed E-state index contributed by atoms with van der Waals surface area (Å²) < 4.78 is 4.83. The summed E-state index contributed by atoms with van der Waals surface area (Å²) in [6.45, 7) is 8.83. The summed E-state index contributed by atoms with van der Waals surface area (Å²) in [5.74, 6) is -0.833. The number of carbonyl (C=O) groups is 1. The highest BCUT2D eigenvalue weighted by molar-refractivity contribution is 5.62. The van der Waals surface area contributed by atoms with Gasteiger partial charge in [0.2, 0.25) is 0 Å². The Morgan fingerprint density at radius 3 is 1.69 bits per heavy atom. The van der Waals surface area contributed by atoms with Crippen LogP contribution in [0.25, 0.3) is 0 Å². The molecule has 3 nitrogen and oxygen atoms in total. The molecule has 0 radical (unpaired) electrons. The van der Waals surface area contributed by atoms with E-state index < -0.39 is 5.97 Å². The van der Waals surface area contributed by atoms with E-state index in [0.29, 0.717) is 0 Å². The quantitative estimate of drug-likeness (QED) is 0.842. The summed E-state index contributed by atoms with van der Waals surface area (Å²) in [4.78, 5) is 9.00. The summed E-state index contributed by atoms with van der Waals surface area (Å²) in [6.07, 6.45) is 0. The molecular formula is C13H22O3. The van der Waals surface area contributed by atoms with Crippen LogP contribution in [-0.4, -0.2) is 24.3 Å². The predicted octanol–water partition coefficient (Wildman–Crippen LogP) is 3.13. The fourth-order valence-electron chi connectivity index (χ4n) is 0.739. The van der Waals surface area contributed by atoms with Crippen LogP contribution in [0.2, 0.25) is 0 Å². The van der Waals surface area contributed by atoms with Gasteiger partial charge in [0.05, 0.1) is 0 Å². The summed E-state index contributed by atoms with van der Waals surface area (Å²) in [5.41, 5.74) is 1.32. The first-order valence-corrected chi connectivity index (χ1v) is 5.33. The maximum absolute atomic E-state index is 9.00. The fourth-order valence-corrected chi connectivity index (χ4v) is 0.739. The second-order valence-electron chi connectivity index (χ2n) is 2.96. The topological polar surface area (TPSA) is 46.5 Å². The van der Waals surface area contributed by atoms with E-state index in [-0.39, 0.29) is 0 Å². The van der Waals surface area contributed by atoms with Gasteiger partial charge in [0, 0.05) is 20.1 Å². The van der Waals surface area contributed by atoms with Gasteiger partial charge < -0.3 is 9.84 Å². The second kappa shape index (κ2) is 13.7. The van der Waals surface area contributed by atoms with Gasteiger partial charge in [-0.05, 0) is 20.8 Å². The van der Waals surface area contributed by atoms with Crippen molar-refractivity contribution in [2.75, 3.05) is 13.2 Å². The van der Waals surface area contributed by atoms with Gasteiger partial charge in [0.1, 0.15) is 0 Å². The van der Waals surface area contributed by atoms with E-state index in [4.69, 9.17) is 14.6 Å². The smallest absolute Gasteiger partial charge is 0.300 e. The van der Waals surface area contributed by atoms with Crippen LogP contribution in [0.1, 0.15) is 26.3 Å². The highest BCUT2D eigenvalue weighted by Gasteiger charge is 1.72. The Bertz CT molecular complexity index is 239. The zero-order valence-corrected chi connectivity index (χ0v) is 10.6. The molecule has 1 aromatic rings. The van der Waals surface area contributed by atoms with Gasteiger partial charge in [-0.3, -0.25) is 4.79 Å². The van der Waals surface area contributed by atoms with Crippen molar-refractivity contribution in [3.63, 3.8) is 0 Å². The van der Waals surface area contributed by atoms with Crippen molar-refractivity contribution in [3.05, 3.63) is 35.9 Å². The summed E-state index contributed by atoms with van der Waals surface area (Å²) in [7, 11) is 0. The number of ether oxygens (including phenoxy) is 1. The molecule has 0 amide bonds. The van der Waals surface area contributed by atoms with Gasteiger partial charge in [-0.15, -0.1) is 0 Å². The average Bonchev–Trinajstić information content (AvgIpc) is 2.20. The Labute approximate surface area is 98.1 Å². The second-order valence-corrected chi connectivity index (χ2v) is 2.96. The van der Waals surface area contributed by atoms with E-state index in [1.54, 1.807) is 0 Å². The molecule has 92 valence electrons. The lowest BCUT2D eigenvalue weighted by Gasteiger charge is -1.86. The number of aryl methyl sites for hydroxylation is 1. The van der Waals surface area contributed by atoms with Crippen molar-refractivity contribution in [1.29, 1.82) is 0 Å². The summed E-state index contributed by atoms with van der Waals surface area (Å²) in [6, 6.07) is 10.3. The van der Waals surface area contributed by atoms with Crippen LogP contribution in [-0.2, 0) is 9.53 Å². The molecule has 0 atom stereocenters. The molecule has 0 fully saturated rings. The van der Waals surface area contributed by atoms with E-state index in [1.165, 1.54) is 5.56 Å². The van der Waals surface area contributed by atoms with Gasteiger partial charge in [-0.1, -0.05) is 35.9 Å². The first kappa shape index (κ1) is 17.1. The Hall–Kier alpha value is -1.35. The van der Waals surface area contributed by atoms with Crippen LogP contribution in [0.15, 0.2) is 30.3 Å². The monoisotopic (exact) mass is 226 g/mol. The van der Waals surface area contributed by atoms with E-state index in [2.05, 4.69) is 19.1 Å². The lowest BCUT2D eigenvalue weighted by atomic mass is 10.2. The van der Waals surface area contributed by atoms with Crippen LogP contribution < -0.4 is 0 Å². The molecule has 0 aromatic heterocycles. The average molecular weight is 226 g/mol. The fraction of sp³-hybridized carbons (Fsp3) is 0.462. The number of hydrogen-bond donors (Lipinski definition) is 1. The third kappa shape index (κ3) is 22.9. The maximum Gasteiger partial charge on any atom is 0.300 e. The number of carboxylic acids is 1. The van der Waals surface area contributed by atoms with Crippen LogP contribution in [0, 0.1) is 6.92 Å². The molecule has 0 heterocycles. The van der Waals surface area contributed by atoms with Gasteiger partial charge in [-0.25, -0.2) is 0 Å². The first-order chi connectivity index (χ1) is 7.54. The van der Waals surface area contributed by atoms with Crippen molar-refractivity contribution >= 4 is 5.97 Å². The Morgan fingerprint density at radius 2 is 1.56 bits per heavy atom. The van der Waals surface area contributed by atoms with E-state index in [9.17, 15) is 0 Å². The number of benzene rings is 1. The lowest BCUT2D eigenvalue weighted by molar-refractivity contribution is -0.134. The standard InChI is InChI=1S/C7H8.C4H10O.C2H4O2/c1-7-5-3-2-4-6-7;1-3-5-4-2;1-2(3)4/h2-6H,1H3;3-4H2,1-2H3;1H3,(H,3,4). The molecule has 1 N–H and O–H groups in total. The molecule has 0 aliphatic heterocycles. The minimum atomic E-state index is -0.833. The van der Waals surface area contributed by atoms with Crippen molar-refractivity contribution in [2.24, 2.45) is 0 Å². The van der Waals surface area contributed by atoms with Crippen LogP contribution >= 0.6 is 0 Å². The first-order valence-electron chi connectivity index (χ1n) is 5.33. The molecule has 0 spiro atoms. The molecule has 1 rings (SSSR count). The molecule has 16 heavy (non-hydrogen) atoms. The summed E-state index contributed by atoms with van der Waals surface area (Å²) >= 11 is 0. The molecule has 0 aliphatic rings. The zero-order valence-electron chi connectivity index (χ0n) is 10.6. The molecule has 0 unspecified atom stereocenters. The third-order valence-corrected chi connectivity index (χ3v) is 1.35. The number of hydrogen-bond acceptors (Lipinski definition) is 2. The Morgan fingerprint density at radius 1 is 1.19 bits per heavy atom. The number of aliphatic carboxylic acids is 1. The van der Waals surface area contributed by atoms with Crippen LogP contribution in [0.4, 0.5) is 0 Å². The van der Waals surface area contributed by atoms with Gasteiger partial charge in [0.15, 0.2) is 0 Å². The third-order valence-electron chi connectivity index (χ3n) is 1.35. The van der Waals surface area contributed by atoms with Crippen molar-refractivity contribution in [2.45, 2.75) is 27.7 Å². The normalized spacial score (nSPS) is 8.00. The Balaban J connectivity index is 0. The van der Waals surface area contributed by atoms with Gasteiger partial charge >= 0.3 is 0 Å². The SMILES string of the molecule is CC(=O)O.CCOCC.Cc1ccccc1. The maximum atomic E-state index is 9.00. The van der Waals surface area contributed by atoms with Crippen LogP contribution in [0.3, 0.4) is 0 Å². The lowest BCUT2D eigenvalue weighted by Crippen LogP contribution is -1.84. The molecule has 0 saturated heterocycles. The van der Waals surface area contributed by atoms with E-state index >= 15 is 0 Å². The molecule has 1 aromatic carbocycles.